The summed E-state index contributed by atoms with van der Waals surface area (Å²) >= 11 is 0. The summed E-state index contributed by atoms with van der Waals surface area (Å²) in [4.78, 5) is 11.9. The molecule has 0 aliphatic carbocycles. The molecule has 0 heterocycles. The van der Waals surface area contributed by atoms with Crippen LogP contribution < -0.4 is 4.74 Å². The Morgan fingerprint density at radius 1 is 0.298 bits per heavy atom. The second-order valence-electron chi connectivity index (χ2n) is 18.4. The van der Waals surface area contributed by atoms with Gasteiger partial charge in [0.05, 0.1) is 0 Å². The normalized spacial score (nSPS) is 11.5. The summed E-state index contributed by atoms with van der Waals surface area (Å²) in [5, 5.41) is 0. The van der Waals surface area contributed by atoms with Crippen LogP contribution in [0.4, 0.5) is 0 Å². The zero-order valence-corrected chi connectivity index (χ0v) is 38.9. The van der Waals surface area contributed by atoms with Gasteiger partial charge in [-0.3, -0.25) is 4.79 Å². The van der Waals surface area contributed by atoms with Gasteiger partial charge in [0.25, 0.3) is 0 Å². The maximum Gasteiger partial charge on any atom is 0.311 e. The van der Waals surface area contributed by atoms with E-state index in [0.717, 1.165) is 12.8 Å². The Hall–Kier alpha value is -1.31. The molecule has 1 aromatic carbocycles. The van der Waals surface area contributed by atoms with Gasteiger partial charge in [-0.05, 0) is 18.6 Å². The summed E-state index contributed by atoms with van der Waals surface area (Å²) in [5.41, 5.74) is 0. The molecule has 0 aliphatic rings. The van der Waals surface area contributed by atoms with Gasteiger partial charge in [0.1, 0.15) is 5.75 Å². The van der Waals surface area contributed by atoms with Gasteiger partial charge in [-0.15, -0.1) is 0 Å². The lowest BCUT2D eigenvalue weighted by Crippen LogP contribution is -2.07. The van der Waals surface area contributed by atoms with E-state index in [2.05, 4.69) is 6.92 Å². The number of rotatable bonds is 48. The van der Waals surface area contributed by atoms with Crippen molar-refractivity contribution >= 4 is 5.97 Å². The van der Waals surface area contributed by atoms with E-state index in [9.17, 15) is 4.79 Å². The van der Waals surface area contributed by atoms with Crippen LogP contribution in [0.1, 0.15) is 309 Å². The maximum absolute atomic E-state index is 11.9. The first-order valence-corrected chi connectivity index (χ1v) is 26.6. The average Bonchev–Trinajstić information content (AvgIpc) is 3.22. The predicted molar refractivity (Wildman–Crippen MR) is 255 cm³/mol. The first-order valence-electron chi connectivity index (χ1n) is 26.6. The molecular weight excluding hydrogens is 693 g/mol. The molecule has 0 aliphatic heterocycles. The molecule has 1 rings (SSSR count). The molecule has 0 saturated carbocycles. The minimum atomic E-state index is -0.0987. The third-order valence-corrected chi connectivity index (χ3v) is 12.7. The first-order chi connectivity index (χ1) is 28.3. The van der Waals surface area contributed by atoms with Crippen LogP contribution in [-0.4, -0.2) is 5.97 Å². The Morgan fingerprint density at radius 3 is 0.702 bits per heavy atom. The molecular formula is C55H102O2. The third-order valence-electron chi connectivity index (χ3n) is 12.7. The van der Waals surface area contributed by atoms with E-state index in [1.807, 2.05) is 30.3 Å². The number of hydrogen-bond donors (Lipinski definition) is 0. The van der Waals surface area contributed by atoms with Crippen molar-refractivity contribution < 1.29 is 9.53 Å². The zero-order valence-electron chi connectivity index (χ0n) is 38.9. The van der Waals surface area contributed by atoms with Crippen molar-refractivity contribution in [2.45, 2.75) is 309 Å². The molecule has 0 fully saturated rings. The monoisotopic (exact) mass is 795 g/mol. The highest BCUT2D eigenvalue weighted by Gasteiger charge is 2.04. The lowest BCUT2D eigenvalue weighted by Gasteiger charge is -2.05. The summed E-state index contributed by atoms with van der Waals surface area (Å²) in [7, 11) is 0. The van der Waals surface area contributed by atoms with E-state index < -0.39 is 0 Å². The Morgan fingerprint density at radius 2 is 0.491 bits per heavy atom. The number of carbonyl (C=O) groups is 1. The molecule has 0 radical (unpaired) electrons. The first kappa shape index (κ1) is 53.7. The summed E-state index contributed by atoms with van der Waals surface area (Å²) in [5.74, 6) is 0.559. The summed E-state index contributed by atoms with van der Waals surface area (Å²) in [6, 6.07) is 9.41. The fraction of sp³-hybridized carbons (Fsp3) is 0.873. The van der Waals surface area contributed by atoms with E-state index in [0.29, 0.717) is 12.2 Å². The molecule has 0 amide bonds. The van der Waals surface area contributed by atoms with Gasteiger partial charge in [0.15, 0.2) is 0 Å². The molecule has 0 unspecified atom stereocenters. The predicted octanol–water partition coefficient (Wildman–Crippen LogP) is 19.9. The summed E-state index contributed by atoms with van der Waals surface area (Å²) < 4.78 is 5.36. The fourth-order valence-electron chi connectivity index (χ4n) is 8.79. The second-order valence-corrected chi connectivity index (χ2v) is 18.4. The standard InChI is InChI=1S/C55H102O2/c1-2-3-4-5-6-7-8-9-10-11-12-13-14-15-16-17-18-19-20-21-22-23-24-25-26-27-28-29-30-31-32-33-34-35-36-37-38-39-40-41-42-43-44-45-46-50-53-55(56)57-54-51-48-47-49-52-54/h47-49,51-52H,2-46,50,53H2,1H3. The Balaban J connectivity index is 1.61. The van der Waals surface area contributed by atoms with Crippen molar-refractivity contribution in [1.82, 2.24) is 0 Å². The lowest BCUT2D eigenvalue weighted by atomic mass is 10.0. The molecule has 57 heavy (non-hydrogen) atoms. The third kappa shape index (κ3) is 44.1. The molecule has 0 spiro atoms. The molecule has 2 nitrogen and oxygen atoms in total. The van der Waals surface area contributed by atoms with Gasteiger partial charge in [0, 0.05) is 6.42 Å². The molecule has 2 heteroatoms. The van der Waals surface area contributed by atoms with Gasteiger partial charge in [-0.1, -0.05) is 314 Å². The van der Waals surface area contributed by atoms with Crippen LogP contribution in [0.5, 0.6) is 5.75 Å². The molecule has 334 valence electrons. The van der Waals surface area contributed by atoms with Crippen molar-refractivity contribution in [2.24, 2.45) is 0 Å². The van der Waals surface area contributed by atoms with E-state index in [-0.39, 0.29) is 5.97 Å². The van der Waals surface area contributed by atoms with Crippen LogP contribution in [0.2, 0.25) is 0 Å². The van der Waals surface area contributed by atoms with Crippen molar-refractivity contribution in [3.63, 3.8) is 0 Å². The van der Waals surface area contributed by atoms with Gasteiger partial charge in [-0.25, -0.2) is 0 Å². The van der Waals surface area contributed by atoms with Crippen LogP contribution in [-0.2, 0) is 4.79 Å². The number of esters is 1. The highest BCUT2D eigenvalue weighted by Crippen LogP contribution is 2.19. The largest absolute Gasteiger partial charge is 0.427 e. The van der Waals surface area contributed by atoms with Gasteiger partial charge in [0.2, 0.25) is 0 Å². The van der Waals surface area contributed by atoms with Crippen molar-refractivity contribution in [1.29, 1.82) is 0 Å². The minimum absolute atomic E-state index is 0.0987. The summed E-state index contributed by atoms with van der Waals surface area (Å²) in [6.07, 6.45) is 66.8. The van der Waals surface area contributed by atoms with Crippen LogP contribution in [0.15, 0.2) is 30.3 Å². The SMILES string of the molecule is CCCCCCCCCCCCCCCCCCCCCCCCCCCCCCCCCCCCCCCCCCCCCCCCC(=O)Oc1ccccc1. The zero-order chi connectivity index (χ0) is 40.6. The number of carbonyl (C=O) groups excluding carboxylic acids is 1. The number of unbranched alkanes of at least 4 members (excludes halogenated alkanes) is 45. The highest BCUT2D eigenvalue weighted by molar-refractivity contribution is 5.72. The van der Waals surface area contributed by atoms with E-state index >= 15 is 0 Å². The highest BCUT2D eigenvalue weighted by atomic mass is 16.5. The van der Waals surface area contributed by atoms with Gasteiger partial charge >= 0.3 is 5.97 Å². The van der Waals surface area contributed by atoms with Crippen LogP contribution in [0.3, 0.4) is 0 Å². The fourth-order valence-corrected chi connectivity index (χ4v) is 8.79. The Bertz CT molecular complexity index is 880. The lowest BCUT2D eigenvalue weighted by molar-refractivity contribution is -0.134. The topological polar surface area (TPSA) is 26.3 Å². The number of hydrogen-bond acceptors (Lipinski definition) is 2. The maximum atomic E-state index is 11.9. The van der Waals surface area contributed by atoms with E-state index in [1.165, 1.54) is 283 Å². The summed E-state index contributed by atoms with van der Waals surface area (Å²) in [6.45, 7) is 2.31. The molecule has 0 atom stereocenters. The van der Waals surface area contributed by atoms with E-state index in [4.69, 9.17) is 4.74 Å². The van der Waals surface area contributed by atoms with Gasteiger partial charge < -0.3 is 4.74 Å². The van der Waals surface area contributed by atoms with Crippen molar-refractivity contribution in [2.75, 3.05) is 0 Å². The number of ether oxygens (including phenoxy) is 1. The Labute approximate surface area is 359 Å². The smallest absolute Gasteiger partial charge is 0.311 e. The second kappa shape index (κ2) is 47.4. The molecule has 0 N–H and O–H groups in total. The Kier molecular flexibility index (Phi) is 44.6. The minimum Gasteiger partial charge on any atom is -0.427 e. The average molecular weight is 795 g/mol. The van der Waals surface area contributed by atoms with Gasteiger partial charge in [-0.2, -0.15) is 0 Å². The molecule has 0 bridgehead atoms. The molecule has 1 aromatic rings. The molecule has 0 aromatic heterocycles. The number of benzene rings is 1. The van der Waals surface area contributed by atoms with Crippen LogP contribution in [0.25, 0.3) is 0 Å². The number of para-hydroxylation sites is 1. The van der Waals surface area contributed by atoms with Crippen molar-refractivity contribution in [3.05, 3.63) is 30.3 Å². The van der Waals surface area contributed by atoms with E-state index in [1.54, 1.807) is 0 Å². The van der Waals surface area contributed by atoms with Crippen LogP contribution in [0, 0.1) is 0 Å². The van der Waals surface area contributed by atoms with Crippen molar-refractivity contribution in [3.8, 4) is 5.75 Å². The van der Waals surface area contributed by atoms with Crippen LogP contribution >= 0.6 is 0 Å². The molecule has 0 saturated heterocycles. The quantitative estimate of drug-likeness (QED) is 0.0373.